The first kappa shape index (κ1) is 52.2. The summed E-state index contributed by atoms with van der Waals surface area (Å²) in [6, 6.07) is 8.86. The number of likely N-dealkylation sites (tertiary alicyclic amines) is 1. The molecule has 0 aliphatic carbocycles. The molecule has 3 radical (unpaired) electrons. The number of carbonyl (C=O) groups excluding carboxylic acids is 5. The number of nitrogens with one attached hydrogen (secondary N) is 5. The molecule has 0 saturated carbocycles. The zero-order valence-corrected chi connectivity index (χ0v) is 32.9. The van der Waals surface area contributed by atoms with E-state index in [0.717, 1.165) is 58.4 Å². The van der Waals surface area contributed by atoms with Crippen molar-refractivity contribution in [2.45, 2.75) is 78.3 Å². The Hall–Kier alpha value is -3.79. The number of anilines is 2. The summed E-state index contributed by atoms with van der Waals surface area (Å²) in [6.45, 7) is 9.66. The summed E-state index contributed by atoms with van der Waals surface area (Å²) in [4.78, 5) is 54.2. The molecule has 0 spiro atoms. The Kier molecular flexibility index (Phi) is 28.3. The van der Waals surface area contributed by atoms with Gasteiger partial charge in [0.25, 0.3) is 0 Å². The first-order chi connectivity index (χ1) is 26.0. The van der Waals surface area contributed by atoms with Crippen LogP contribution in [-0.4, -0.2) is 107 Å². The summed E-state index contributed by atoms with van der Waals surface area (Å²) in [6.07, 6.45) is 6.89. The van der Waals surface area contributed by atoms with Crippen LogP contribution >= 0.6 is 23.2 Å². The number of benzene rings is 2. The van der Waals surface area contributed by atoms with Crippen molar-refractivity contribution >= 4 is 67.1 Å². The van der Waals surface area contributed by atoms with Gasteiger partial charge in [0.2, 0.25) is 5.91 Å². The zero-order chi connectivity index (χ0) is 39.7. The van der Waals surface area contributed by atoms with Crippen molar-refractivity contribution in [1.29, 1.82) is 0 Å². The molecule has 4 heterocycles. The van der Waals surface area contributed by atoms with Gasteiger partial charge < -0.3 is 41.0 Å². The highest BCUT2D eigenvalue weighted by Gasteiger charge is 2.31. The quantitative estimate of drug-likeness (QED) is 0.176. The number of halogens is 4. The van der Waals surface area contributed by atoms with Gasteiger partial charge in [0.15, 0.2) is 0 Å². The molecule has 13 nitrogen and oxygen atoms in total. The van der Waals surface area contributed by atoms with Crippen LogP contribution in [0.4, 0.5) is 29.7 Å². The third kappa shape index (κ3) is 20.9. The molecule has 5 N–H and O–H groups in total. The predicted molar refractivity (Wildman–Crippen MR) is 215 cm³/mol. The summed E-state index contributed by atoms with van der Waals surface area (Å²) >= 11 is 9.53. The number of urea groups is 2. The maximum absolute atomic E-state index is 13.5. The molecule has 56 heavy (non-hydrogen) atoms. The van der Waals surface area contributed by atoms with E-state index in [1.165, 1.54) is 25.0 Å². The lowest BCUT2D eigenvalue weighted by atomic mass is 10.0. The molecular formula is C38H56BCl2F2N6O7. The average molecular weight is 829 g/mol. The van der Waals surface area contributed by atoms with Gasteiger partial charge >= 0.3 is 18.2 Å². The Morgan fingerprint density at radius 3 is 1.61 bits per heavy atom. The second-order valence-corrected chi connectivity index (χ2v) is 13.6. The molecule has 4 aliphatic heterocycles. The molecule has 1 atom stereocenters. The molecule has 2 aromatic carbocycles. The van der Waals surface area contributed by atoms with Crippen LogP contribution in [-0.2, 0) is 23.9 Å². The van der Waals surface area contributed by atoms with E-state index in [2.05, 4.69) is 26.6 Å². The molecule has 5 amide bonds. The molecule has 18 heteroatoms. The zero-order valence-electron chi connectivity index (χ0n) is 31.4. The van der Waals surface area contributed by atoms with E-state index in [0.29, 0.717) is 48.8 Å². The van der Waals surface area contributed by atoms with Crippen LogP contribution in [0.3, 0.4) is 0 Å². The fraction of sp³-hybridized carbons (Fsp3) is 0.579. The van der Waals surface area contributed by atoms with Crippen LogP contribution in [0, 0.1) is 31.4 Å². The minimum Gasteiger partial charge on any atom is -0.381 e. The topological polar surface area (TPSA) is 167 Å². The number of nitrogens with zero attached hydrogens (tertiary/aromatic N) is 1. The fourth-order valence-electron chi connectivity index (χ4n) is 5.75. The molecule has 0 bridgehead atoms. The molecule has 6 rings (SSSR count). The van der Waals surface area contributed by atoms with Crippen LogP contribution in [0.2, 0.25) is 0 Å². The van der Waals surface area contributed by atoms with Crippen molar-refractivity contribution in [3.8, 4) is 0 Å². The second kappa shape index (κ2) is 30.4. The Bertz CT molecular complexity index is 1460. The van der Waals surface area contributed by atoms with Crippen LogP contribution in [0.5, 0.6) is 0 Å². The van der Waals surface area contributed by atoms with Crippen molar-refractivity contribution < 1.29 is 42.2 Å². The first-order valence-corrected chi connectivity index (χ1v) is 19.0. The Labute approximate surface area is 341 Å². The number of aryl methyl sites for hydroxylation is 2. The normalized spacial score (nSPS) is 17.3. The number of rotatable bonds is 5. The summed E-state index contributed by atoms with van der Waals surface area (Å²) in [5.41, 5.74) is 2.01. The van der Waals surface area contributed by atoms with Gasteiger partial charge in [-0.05, 0) is 107 Å². The highest BCUT2D eigenvalue weighted by Crippen LogP contribution is 2.20. The largest absolute Gasteiger partial charge is 0.381 e. The minimum absolute atomic E-state index is 0. The molecule has 0 aromatic heterocycles. The van der Waals surface area contributed by atoms with Gasteiger partial charge in [-0.3, -0.25) is 4.79 Å². The van der Waals surface area contributed by atoms with Gasteiger partial charge in [-0.2, -0.15) is 9.59 Å². The van der Waals surface area contributed by atoms with Gasteiger partial charge in [-0.15, -0.1) is 23.2 Å². The van der Waals surface area contributed by atoms with Gasteiger partial charge in [-0.25, -0.2) is 18.4 Å². The number of carbonyl (C=O) groups is 3. The van der Waals surface area contributed by atoms with E-state index in [9.17, 15) is 23.2 Å². The SMILES string of the molecule is C.C1CCOC1.Cc1ccc(NC(=O)NC2CCN(C(=O)[C@@H]3CCOC3)CC2)cc1F.Cc1ccc(NC(=O)NC2CCNCC2)cc1F.ClCCl.O=C=O.[B]. The van der Waals surface area contributed by atoms with Crippen molar-refractivity contribution in [3.05, 3.63) is 59.2 Å². The standard InChI is InChI=1S/C18H24FN3O3.C13H18FN3O.C4H8O.CH2Cl2.CO2.CH4.B/c1-12-2-3-15(10-16(12)19)21-18(24)20-14-4-7-22(8-5-14)17(23)13-6-9-25-11-13;1-9-2-3-11(8-12(9)14)17-13(18)16-10-4-6-15-7-5-10;1-2-4-5-3-1;2*2-1-3;;/h2-3,10,13-14H,4-9,11H2,1H3,(H2,20,21,24);2-3,8,10,15H,4-7H2,1H3,(H2,16,17,18);1-4H2;1H2;;1H4;/t13-;;;;;;/m1....../s1. The molecule has 311 valence electrons. The smallest absolute Gasteiger partial charge is 0.373 e. The highest BCUT2D eigenvalue weighted by molar-refractivity contribution is 6.40. The predicted octanol–water partition coefficient (Wildman–Crippen LogP) is 6.18. The van der Waals surface area contributed by atoms with E-state index in [1.807, 2.05) is 4.90 Å². The number of hydrogen-bond acceptors (Lipinski definition) is 8. The average Bonchev–Trinajstić information content (AvgIpc) is 3.92. The summed E-state index contributed by atoms with van der Waals surface area (Å²) < 4.78 is 37.0. The third-order valence-corrected chi connectivity index (χ3v) is 8.78. The lowest BCUT2D eigenvalue weighted by Crippen LogP contribution is -2.49. The number of ether oxygens (including phenoxy) is 2. The first-order valence-electron chi connectivity index (χ1n) is 17.9. The second-order valence-electron chi connectivity index (χ2n) is 12.8. The van der Waals surface area contributed by atoms with Crippen LogP contribution in [0.15, 0.2) is 36.4 Å². The maximum atomic E-state index is 13.5. The molecule has 4 saturated heterocycles. The van der Waals surface area contributed by atoms with E-state index in [-0.39, 0.29) is 74.9 Å². The number of amides is 5. The van der Waals surface area contributed by atoms with E-state index >= 15 is 0 Å². The Morgan fingerprint density at radius 1 is 0.786 bits per heavy atom. The number of piperidine rings is 2. The maximum Gasteiger partial charge on any atom is 0.373 e. The van der Waals surface area contributed by atoms with Gasteiger partial charge in [0, 0.05) is 64.8 Å². The Morgan fingerprint density at radius 2 is 1.23 bits per heavy atom. The summed E-state index contributed by atoms with van der Waals surface area (Å²) in [5.74, 6) is -0.505. The van der Waals surface area contributed by atoms with E-state index in [4.69, 9.17) is 42.3 Å². The summed E-state index contributed by atoms with van der Waals surface area (Å²) in [7, 11) is 0. The lowest BCUT2D eigenvalue weighted by Gasteiger charge is -2.33. The molecular weight excluding hydrogens is 772 g/mol. The van der Waals surface area contributed by atoms with Gasteiger partial charge in [-0.1, -0.05) is 19.6 Å². The molecule has 2 aromatic rings. The molecule has 4 aliphatic rings. The monoisotopic (exact) mass is 827 g/mol. The number of alkyl halides is 2. The van der Waals surface area contributed by atoms with Crippen LogP contribution in [0.1, 0.15) is 63.5 Å². The number of hydrogen-bond donors (Lipinski definition) is 5. The van der Waals surface area contributed by atoms with Gasteiger partial charge in [0.05, 0.1) is 17.9 Å². The van der Waals surface area contributed by atoms with E-state index < -0.39 is 0 Å². The highest BCUT2D eigenvalue weighted by atomic mass is 35.5. The third-order valence-electron chi connectivity index (χ3n) is 8.78. The van der Waals surface area contributed by atoms with Crippen molar-refractivity contribution in [2.24, 2.45) is 5.92 Å². The molecule has 0 unspecified atom stereocenters. The lowest BCUT2D eigenvalue weighted by molar-refractivity contribution is -0.191. The fourth-order valence-corrected chi connectivity index (χ4v) is 5.75. The Balaban J connectivity index is 0.000000849. The van der Waals surface area contributed by atoms with Crippen molar-refractivity contribution in [1.82, 2.24) is 20.9 Å². The van der Waals surface area contributed by atoms with Crippen LogP contribution in [0.25, 0.3) is 0 Å². The molecule has 4 fully saturated rings. The minimum atomic E-state index is -0.350. The van der Waals surface area contributed by atoms with Crippen LogP contribution < -0.4 is 26.6 Å². The van der Waals surface area contributed by atoms with Crippen molar-refractivity contribution in [2.75, 3.05) is 68.6 Å². The van der Waals surface area contributed by atoms with Crippen molar-refractivity contribution in [3.63, 3.8) is 0 Å². The van der Waals surface area contributed by atoms with Gasteiger partial charge in [0.1, 0.15) is 11.6 Å². The van der Waals surface area contributed by atoms with E-state index in [1.54, 1.807) is 38.1 Å². The summed E-state index contributed by atoms with van der Waals surface area (Å²) in [5, 5.41) is 14.5.